The normalized spacial score (nSPS) is 11.4. The average Bonchev–Trinajstić information content (AvgIpc) is 2.56. The zero-order valence-corrected chi connectivity index (χ0v) is 13.6. The first-order valence-electron chi connectivity index (χ1n) is 6.81. The molecule has 0 aromatic heterocycles. The summed E-state index contributed by atoms with van der Waals surface area (Å²) in [5, 5.41) is 1.92. The van der Waals surface area contributed by atoms with E-state index < -0.39 is 51.4 Å². The predicted octanol–water partition coefficient (Wildman–Crippen LogP) is 2.47. The third kappa shape index (κ3) is 4.34. The molecule has 0 spiro atoms. The van der Waals surface area contributed by atoms with Crippen LogP contribution in [0, 0.1) is 30.2 Å². The van der Waals surface area contributed by atoms with Crippen molar-refractivity contribution in [3.8, 4) is 0 Å². The molecule has 0 fully saturated rings. The van der Waals surface area contributed by atoms with Crippen LogP contribution < -0.4 is 10.0 Å². The lowest BCUT2D eigenvalue weighted by atomic mass is 10.2. The number of sulfonamides is 1. The number of hydrogen-bond donors (Lipinski definition) is 2. The van der Waals surface area contributed by atoms with Crippen molar-refractivity contribution in [1.82, 2.24) is 4.72 Å². The number of nitrogens with one attached hydrogen (secondary N) is 2. The van der Waals surface area contributed by atoms with Gasteiger partial charge in [0.2, 0.25) is 15.9 Å². The quantitative estimate of drug-likeness (QED) is 0.622. The van der Waals surface area contributed by atoms with Crippen LogP contribution in [-0.2, 0) is 14.8 Å². The standard InChI is InChI=1S/C15H12F4N2O3S/c1-8-6-9(2-3-10(8)16)25(23,24)20-7-13(22)21-12-5-4-11(17)14(18)15(12)19/h2-6,20H,7H2,1H3,(H,21,22). The number of anilines is 1. The fourth-order valence-electron chi connectivity index (χ4n) is 1.85. The predicted molar refractivity (Wildman–Crippen MR) is 81.3 cm³/mol. The molecular weight excluding hydrogens is 364 g/mol. The third-order valence-electron chi connectivity index (χ3n) is 3.17. The van der Waals surface area contributed by atoms with Crippen LogP contribution in [0.3, 0.4) is 0 Å². The second-order valence-electron chi connectivity index (χ2n) is 5.01. The van der Waals surface area contributed by atoms with Gasteiger partial charge in [0.05, 0.1) is 17.1 Å². The van der Waals surface area contributed by atoms with Crippen molar-refractivity contribution in [3.63, 3.8) is 0 Å². The fourth-order valence-corrected chi connectivity index (χ4v) is 2.91. The van der Waals surface area contributed by atoms with Crippen LogP contribution in [0.5, 0.6) is 0 Å². The summed E-state index contributed by atoms with van der Waals surface area (Å²) in [6.07, 6.45) is 0. The van der Waals surface area contributed by atoms with Gasteiger partial charge in [-0.3, -0.25) is 4.79 Å². The molecule has 0 heterocycles. The lowest BCUT2D eigenvalue weighted by Crippen LogP contribution is -2.33. The first-order chi connectivity index (χ1) is 11.6. The summed E-state index contributed by atoms with van der Waals surface area (Å²) in [5.74, 6) is -6.40. The second kappa shape index (κ2) is 7.19. The van der Waals surface area contributed by atoms with Gasteiger partial charge in [-0.1, -0.05) is 0 Å². The van der Waals surface area contributed by atoms with E-state index in [1.165, 1.54) is 6.92 Å². The van der Waals surface area contributed by atoms with E-state index >= 15 is 0 Å². The highest BCUT2D eigenvalue weighted by Gasteiger charge is 2.19. The Morgan fingerprint density at radius 3 is 2.28 bits per heavy atom. The number of rotatable bonds is 5. The summed E-state index contributed by atoms with van der Waals surface area (Å²) in [6.45, 7) is 0.574. The fraction of sp³-hybridized carbons (Fsp3) is 0.133. The Kier molecular flexibility index (Phi) is 5.43. The van der Waals surface area contributed by atoms with E-state index in [9.17, 15) is 30.8 Å². The maximum atomic E-state index is 13.4. The van der Waals surface area contributed by atoms with Gasteiger partial charge >= 0.3 is 0 Å². The van der Waals surface area contributed by atoms with Gasteiger partial charge in [-0.05, 0) is 42.8 Å². The lowest BCUT2D eigenvalue weighted by Gasteiger charge is -2.09. The molecule has 0 radical (unpaired) electrons. The van der Waals surface area contributed by atoms with Gasteiger partial charge in [-0.2, -0.15) is 0 Å². The Bertz CT molecular complexity index is 933. The number of amides is 1. The van der Waals surface area contributed by atoms with Gasteiger partial charge in [-0.15, -0.1) is 0 Å². The monoisotopic (exact) mass is 376 g/mol. The van der Waals surface area contributed by atoms with Crippen LogP contribution in [0.2, 0.25) is 0 Å². The van der Waals surface area contributed by atoms with Crippen molar-refractivity contribution in [2.75, 3.05) is 11.9 Å². The molecule has 2 N–H and O–H groups in total. The van der Waals surface area contributed by atoms with E-state index in [4.69, 9.17) is 0 Å². The van der Waals surface area contributed by atoms with Gasteiger partial charge < -0.3 is 5.32 Å². The topological polar surface area (TPSA) is 75.3 Å². The summed E-state index contributed by atoms with van der Waals surface area (Å²) in [4.78, 5) is 11.4. The average molecular weight is 376 g/mol. The molecule has 0 bridgehead atoms. The molecule has 0 aliphatic carbocycles. The summed E-state index contributed by atoms with van der Waals surface area (Å²) in [5.41, 5.74) is -0.545. The summed E-state index contributed by atoms with van der Waals surface area (Å²) < 4.78 is 78.5. The molecule has 5 nitrogen and oxygen atoms in total. The van der Waals surface area contributed by atoms with E-state index in [0.29, 0.717) is 6.07 Å². The van der Waals surface area contributed by atoms with Gasteiger partial charge in [0, 0.05) is 0 Å². The number of halogens is 4. The minimum Gasteiger partial charge on any atom is -0.322 e. The van der Waals surface area contributed by atoms with Crippen LogP contribution in [0.4, 0.5) is 23.2 Å². The molecule has 0 saturated heterocycles. The second-order valence-corrected chi connectivity index (χ2v) is 6.77. The molecule has 2 rings (SSSR count). The summed E-state index contributed by atoms with van der Waals surface area (Å²) in [6, 6.07) is 4.45. The van der Waals surface area contributed by atoms with E-state index in [1.54, 1.807) is 0 Å². The molecule has 10 heteroatoms. The van der Waals surface area contributed by atoms with Crippen molar-refractivity contribution in [3.05, 3.63) is 59.2 Å². The van der Waals surface area contributed by atoms with Gasteiger partial charge in [0.25, 0.3) is 0 Å². The van der Waals surface area contributed by atoms with Crippen LogP contribution in [0.15, 0.2) is 35.2 Å². The number of benzene rings is 2. The van der Waals surface area contributed by atoms with Crippen molar-refractivity contribution >= 4 is 21.6 Å². The molecule has 25 heavy (non-hydrogen) atoms. The van der Waals surface area contributed by atoms with E-state index in [-0.39, 0.29) is 10.5 Å². The highest BCUT2D eigenvalue weighted by molar-refractivity contribution is 7.89. The zero-order valence-electron chi connectivity index (χ0n) is 12.7. The molecule has 0 aliphatic heterocycles. The molecule has 134 valence electrons. The number of carbonyl (C=O) groups excluding carboxylic acids is 1. The van der Waals surface area contributed by atoms with Gasteiger partial charge in [0.15, 0.2) is 17.5 Å². The molecule has 1 amide bonds. The largest absolute Gasteiger partial charge is 0.322 e. The minimum absolute atomic E-state index is 0.0937. The van der Waals surface area contributed by atoms with Gasteiger partial charge in [-0.25, -0.2) is 30.7 Å². The van der Waals surface area contributed by atoms with Crippen LogP contribution >= 0.6 is 0 Å². The summed E-state index contributed by atoms with van der Waals surface area (Å²) >= 11 is 0. The van der Waals surface area contributed by atoms with Crippen molar-refractivity contribution < 1.29 is 30.8 Å². The number of hydrogen-bond acceptors (Lipinski definition) is 3. The van der Waals surface area contributed by atoms with E-state index in [1.807, 2.05) is 10.0 Å². The van der Waals surface area contributed by atoms with Crippen LogP contribution in [0.25, 0.3) is 0 Å². The molecule has 0 saturated carbocycles. The third-order valence-corrected chi connectivity index (χ3v) is 4.57. The molecule has 0 aliphatic rings. The Morgan fingerprint density at radius 1 is 1.00 bits per heavy atom. The molecule has 2 aromatic carbocycles. The zero-order chi connectivity index (χ0) is 18.8. The maximum Gasteiger partial charge on any atom is 0.241 e. The Balaban J connectivity index is 2.06. The van der Waals surface area contributed by atoms with Crippen LogP contribution in [-0.4, -0.2) is 20.9 Å². The highest BCUT2D eigenvalue weighted by Crippen LogP contribution is 2.19. The van der Waals surface area contributed by atoms with E-state index in [0.717, 1.165) is 24.3 Å². The van der Waals surface area contributed by atoms with Crippen LogP contribution in [0.1, 0.15) is 5.56 Å². The Labute approximate surface area is 140 Å². The number of aryl methyl sites for hydroxylation is 1. The first kappa shape index (κ1) is 18.9. The minimum atomic E-state index is -4.12. The smallest absolute Gasteiger partial charge is 0.241 e. The SMILES string of the molecule is Cc1cc(S(=O)(=O)NCC(=O)Nc2ccc(F)c(F)c2F)ccc1F. The first-order valence-corrected chi connectivity index (χ1v) is 8.29. The van der Waals surface area contributed by atoms with Crippen molar-refractivity contribution in [1.29, 1.82) is 0 Å². The molecule has 0 atom stereocenters. The molecule has 2 aromatic rings. The lowest BCUT2D eigenvalue weighted by molar-refractivity contribution is -0.115. The maximum absolute atomic E-state index is 13.4. The Morgan fingerprint density at radius 2 is 1.64 bits per heavy atom. The van der Waals surface area contributed by atoms with E-state index in [2.05, 4.69) is 0 Å². The summed E-state index contributed by atoms with van der Waals surface area (Å²) in [7, 11) is -4.12. The molecular formula is C15H12F4N2O3S. The number of carbonyl (C=O) groups is 1. The Hall–Kier alpha value is -2.46. The molecule has 0 unspecified atom stereocenters. The van der Waals surface area contributed by atoms with Crippen molar-refractivity contribution in [2.45, 2.75) is 11.8 Å². The van der Waals surface area contributed by atoms with Crippen molar-refractivity contribution in [2.24, 2.45) is 0 Å². The van der Waals surface area contributed by atoms with Gasteiger partial charge in [0.1, 0.15) is 5.82 Å². The highest BCUT2D eigenvalue weighted by atomic mass is 32.2.